The van der Waals surface area contributed by atoms with Crippen molar-refractivity contribution >= 4 is 11.8 Å². The minimum Gasteiger partial charge on any atom is -0.357 e. The van der Waals surface area contributed by atoms with Gasteiger partial charge in [-0.05, 0) is 25.8 Å². The van der Waals surface area contributed by atoms with Gasteiger partial charge in [0.2, 0.25) is 11.8 Å². The van der Waals surface area contributed by atoms with Crippen LogP contribution in [0.3, 0.4) is 0 Å². The lowest BCUT2D eigenvalue weighted by Gasteiger charge is -2.28. The van der Waals surface area contributed by atoms with Crippen molar-refractivity contribution < 1.29 is 9.59 Å². The van der Waals surface area contributed by atoms with E-state index in [2.05, 4.69) is 5.32 Å². The average molecular weight is 226 g/mol. The average Bonchev–Trinajstić information content (AvgIpc) is 2.28. The molecule has 0 spiro atoms. The van der Waals surface area contributed by atoms with Crippen molar-refractivity contribution in [2.75, 3.05) is 13.6 Å². The summed E-state index contributed by atoms with van der Waals surface area (Å²) >= 11 is 0. The second kappa shape index (κ2) is 7.91. The highest BCUT2D eigenvalue weighted by atomic mass is 16.2. The van der Waals surface area contributed by atoms with Gasteiger partial charge in [-0.1, -0.05) is 19.9 Å². The third kappa shape index (κ3) is 4.04. The zero-order chi connectivity index (χ0) is 12.6. The summed E-state index contributed by atoms with van der Waals surface area (Å²) in [6.45, 7) is 6.30. The van der Waals surface area contributed by atoms with Gasteiger partial charge in [0.1, 0.15) is 6.04 Å². The molecule has 0 aliphatic carbocycles. The first-order valence-electron chi connectivity index (χ1n) is 5.77. The molecule has 2 amide bonds. The normalized spacial score (nSPS) is 12.5. The van der Waals surface area contributed by atoms with Crippen molar-refractivity contribution in [3.05, 3.63) is 12.2 Å². The van der Waals surface area contributed by atoms with Crippen LogP contribution in [0.4, 0.5) is 0 Å². The third-order valence-corrected chi connectivity index (χ3v) is 2.37. The van der Waals surface area contributed by atoms with Gasteiger partial charge in [0.05, 0.1) is 0 Å². The van der Waals surface area contributed by atoms with Gasteiger partial charge in [-0.2, -0.15) is 0 Å². The second-order valence-electron chi connectivity index (χ2n) is 3.57. The van der Waals surface area contributed by atoms with E-state index in [0.717, 1.165) is 6.42 Å². The van der Waals surface area contributed by atoms with Gasteiger partial charge in [-0.25, -0.2) is 0 Å². The van der Waals surface area contributed by atoms with Crippen LogP contribution in [-0.4, -0.2) is 36.3 Å². The number of carbonyl (C=O) groups excluding carboxylic acids is 2. The molecule has 0 rings (SSSR count). The number of likely N-dealkylation sites (N-methyl/N-ethyl adjacent to an activating group) is 1. The van der Waals surface area contributed by atoms with Crippen LogP contribution in [0.15, 0.2) is 12.2 Å². The molecule has 1 atom stereocenters. The Balaban J connectivity index is 4.84. The van der Waals surface area contributed by atoms with Gasteiger partial charge in [0.25, 0.3) is 0 Å². The van der Waals surface area contributed by atoms with Crippen molar-refractivity contribution in [3.63, 3.8) is 0 Å². The SMILES string of the molecule is CC=CC(=O)N(CCC)C(CC)C(=O)NC. The van der Waals surface area contributed by atoms with Crippen molar-refractivity contribution in [1.29, 1.82) is 0 Å². The highest BCUT2D eigenvalue weighted by Crippen LogP contribution is 2.07. The molecule has 4 nitrogen and oxygen atoms in total. The number of amides is 2. The van der Waals surface area contributed by atoms with E-state index in [1.807, 2.05) is 13.8 Å². The molecule has 0 fully saturated rings. The van der Waals surface area contributed by atoms with Gasteiger partial charge in [0, 0.05) is 13.6 Å². The number of carbonyl (C=O) groups is 2. The largest absolute Gasteiger partial charge is 0.357 e. The molecule has 1 unspecified atom stereocenters. The van der Waals surface area contributed by atoms with Gasteiger partial charge < -0.3 is 10.2 Å². The third-order valence-electron chi connectivity index (χ3n) is 2.37. The summed E-state index contributed by atoms with van der Waals surface area (Å²) in [5.74, 6) is -0.200. The number of nitrogens with zero attached hydrogens (tertiary/aromatic N) is 1. The lowest BCUT2D eigenvalue weighted by molar-refractivity contribution is -0.137. The first-order valence-corrected chi connectivity index (χ1v) is 5.77. The Morgan fingerprint density at radius 2 is 2.00 bits per heavy atom. The van der Waals surface area contributed by atoms with Crippen LogP contribution < -0.4 is 5.32 Å². The molecule has 0 aromatic heterocycles. The second-order valence-corrected chi connectivity index (χ2v) is 3.57. The fourth-order valence-corrected chi connectivity index (χ4v) is 1.61. The summed E-state index contributed by atoms with van der Waals surface area (Å²) in [6.07, 6.45) is 4.67. The highest BCUT2D eigenvalue weighted by molar-refractivity contribution is 5.92. The smallest absolute Gasteiger partial charge is 0.246 e. The number of hydrogen-bond donors (Lipinski definition) is 1. The van der Waals surface area contributed by atoms with Gasteiger partial charge in [0.15, 0.2) is 0 Å². The van der Waals surface area contributed by atoms with Crippen LogP contribution in [0.5, 0.6) is 0 Å². The lowest BCUT2D eigenvalue weighted by atomic mass is 10.1. The van der Waals surface area contributed by atoms with E-state index >= 15 is 0 Å². The van der Waals surface area contributed by atoms with Crippen LogP contribution in [0.25, 0.3) is 0 Å². The summed E-state index contributed by atoms with van der Waals surface area (Å²) in [6, 6.07) is -0.367. The molecule has 0 bridgehead atoms. The Morgan fingerprint density at radius 3 is 2.38 bits per heavy atom. The summed E-state index contributed by atoms with van der Waals surface area (Å²) in [5, 5.41) is 2.59. The van der Waals surface area contributed by atoms with Crippen LogP contribution in [0.2, 0.25) is 0 Å². The number of hydrogen-bond acceptors (Lipinski definition) is 2. The van der Waals surface area contributed by atoms with Crippen molar-refractivity contribution in [1.82, 2.24) is 10.2 Å². The van der Waals surface area contributed by atoms with Gasteiger partial charge in [-0.3, -0.25) is 9.59 Å². The minimum atomic E-state index is -0.367. The maximum Gasteiger partial charge on any atom is 0.246 e. The molecule has 1 N–H and O–H groups in total. The number of rotatable bonds is 6. The van der Waals surface area contributed by atoms with E-state index in [1.165, 1.54) is 6.08 Å². The minimum absolute atomic E-state index is 0.0974. The highest BCUT2D eigenvalue weighted by Gasteiger charge is 2.25. The first kappa shape index (κ1) is 14.7. The van der Waals surface area contributed by atoms with Crippen molar-refractivity contribution in [2.45, 2.75) is 39.7 Å². The maximum absolute atomic E-state index is 11.8. The standard InChI is InChI=1S/C12H22N2O2/c1-5-8-11(15)14(9-6-2)10(7-3)12(16)13-4/h5,8,10H,6-7,9H2,1-4H3,(H,13,16). The predicted molar refractivity (Wildman–Crippen MR) is 65.0 cm³/mol. The van der Waals surface area contributed by atoms with E-state index in [4.69, 9.17) is 0 Å². The molecule has 92 valence electrons. The Hall–Kier alpha value is -1.32. The molecule has 16 heavy (non-hydrogen) atoms. The lowest BCUT2D eigenvalue weighted by Crippen LogP contribution is -2.48. The zero-order valence-electron chi connectivity index (χ0n) is 10.6. The number of nitrogens with one attached hydrogen (secondary N) is 1. The Labute approximate surface area is 97.7 Å². The Kier molecular flexibility index (Phi) is 7.25. The van der Waals surface area contributed by atoms with Crippen molar-refractivity contribution in [2.24, 2.45) is 0 Å². The Bertz CT molecular complexity index is 262. The molecule has 0 heterocycles. The molecule has 4 heteroatoms. The van der Waals surface area contributed by atoms with Crippen LogP contribution >= 0.6 is 0 Å². The van der Waals surface area contributed by atoms with Crippen LogP contribution in [0.1, 0.15) is 33.6 Å². The first-order chi connectivity index (χ1) is 7.62. The molecular weight excluding hydrogens is 204 g/mol. The van der Waals surface area contributed by atoms with Crippen LogP contribution in [-0.2, 0) is 9.59 Å². The number of allylic oxidation sites excluding steroid dienone is 1. The molecule has 0 saturated carbocycles. The summed E-state index contributed by atoms with van der Waals surface area (Å²) in [5.41, 5.74) is 0. The van der Waals surface area contributed by atoms with E-state index < -0.39 is 0 Å². The maximum atomic E-state index is 11.8. The topological polar surface area (TPSA) is 49.4 Å². The zero-order valence-corrected chi connectivity index (χ0v) is 10.6. The van der Waals surface area contributed by atoms with E-state index in [0.29, 0.717) is 13.0 Å². The predicted octanol–water partition coefficient (Wildman–Crippen LogP) is 1.33. The monoisotopic (exact) mass is 226 g/mol. The quantitative estimate of drug-likeness (QED) is 0.695. The Morgan fingerprint density at radius 1 is 1.38 bits per heavy atom. The van der Waals surface area contributed by atoms with E-state index in [1.54, 1.807) is 24.9 Å². The van der Waals surface area contributed by atoms with E-state index in [-0.39, 0.29) is 17.9 Å². The van der Waals surface area contributed by atoms with E-state index in [9.17, 15) is 9.59 Å². The summed E-state index contributed by atoms with van der Waals surface area (Å²) in [4.78, 5) is 25.1. The fraction of sp³-hybridized carbons (Fsp3) is 0.667. The molecular formula is C12H22N2O2. The molecule has 0 aliphatic rings. The molecule has 0 radical (unpaired) electrons. The van der Waals surface area contributed by atoms with Crippen molar-refractivity contribution in [3.8, 4) is 0 Å². The molecule has 0 aliphatic heterocycles. The summed E-state index contributed by atoms with van der Waals surface area (Å²) in [7, 11) is 1.59. The van der Waals surface area contributed by atoms with Crippen LogP contribution in [0, 0.1) is 0 Å². The molecule has 0 saturated heterocycles. The van der Waals surface area contributed by atoms with Gasteiger partial charge in [-0.15, -0.1) is 0 Å². The molecule has 0 aromatic rings. The summed E-state index contributed by atoms with van der Waals surface area (Å²) < 4.78 is 0. The van der Waals surface area contributed by atoms with Gasteiger partial charge >= 0.3 is 0 Å². The fourth-order valence-electron chi connectivity index (χ4n) is 1.61. The molecule has 0 aromatic carbocycles.